The van der Waals surface area contributed by atoms with Gasteiger partial charge >= 0.3 is 0 Å². The van der Waals surface area contributed by atoms with Gasteiger partial charge in [-0.25, -0.2) is 0 Å². The van der Waals surface area contributed by atoms with Gasteiger partial charge in [0.15, 0.2) is 0 Å². The van der Waals surface area contributed by atoms with Gasteiger partial charge in [-0.1, -0.05) is 54.6 Å². The molecule has 1 unspecified atom stereocenters. The molecule has 0 amide bonds. The fourth-order valence-electron chi connectivity index (χ4n) is 3.61. The number of hydrogen-bond acceptors (Lipinski definition) is 2. The van der Waals surface area contributed by atoms with Crippen molar-refractivity contribution in [3.8, 4) is 11.3 Å². The smallest absolute Gasteiger partial charge is 0.0829 e. The number of aromatic nitrogens is 1. The van der Waals surface area contributed by atoms with Crippen LogP contribution in [0, 0.1) is 0 Å². The van der Waals surface area contributed by atoms with Gasteiger partial charge in [0, 0.05) is 23.0 Å². The Morgan fingerprint density at radius 1 is 0.923 bits per heavy atom. The molecule has 0 aliphatic rings. The lowest BCUT2D eigenvalue weighted by atomic mass is 9.97. The number of benzene rings is 3. The summed E-state index contributed by atoms with van der Waals surface area (Å²) >= 11 is 0. The molecule has 0 saturated heterocycles. The van der Waals surface area contributed by atoms with E-state index in [0.29, 0.717) is 6.42 Å². The second kappa shape index (κ2) is 6.94. The summed E-state index contributed by atoms with van der Waals surface area (Å²) in [6.45, 7) is 0.845. The maximum absolute atomic E-state index is 11.0. The summed E-state index contributed by atoms with van der Waals surface area (Å²) in [5.74, 6) is 0. The summed E-state index contributed by atoms with van der Waals surface area (Å²) in [5.41, 5.74) is 4.19. The molecule has 0 spiro atoms. The average Bonchev–Trinajstić information content (AvgIpc) is 3.05. The van der Waals surface area contributed by atoms with Crippen molar-refractivity contribution < 1.29 is 5.11 Å². The van der Waals surface area contributed by atoms with Gasteiger partial charge in [-0.05, 0) is 49.0 Å². The van der Waals surface area contributed by atoms with Crippen LogP contribution in [0.2, 0.25) is 0 Å². The van der Waals surface area contributed by atoms with E-state index in [9.17, 15) is 5.11 Å². The molecule has 1 atom stereocenters. The standard InChI is InChI=1S/C23H24N2O/c1-25(2)14-13-21(26)22-19-9-5-6-10-20(19)24-23(22)18-12-11-16-7-3-4-8-17(16)15-18/h3-12,15,21,24,26H,13-14H2,1-2H3. The van der Waals surface area contributed by atoms with Crippen LogP contribution in [0.15, 0.2) is 66.7 Å². The lowest BCUT2D eigenvalue weighted by Gasteiger charge is -2.16. The van der Waals surface area contributed by atoms with E-state index in [0.717, 1.165) is 34.3 Å². The van der Waals surface area contributed by atoms with Crippen LogP contribution < -0.4 is 0 Å². The highest BCUT2D eigenvalue weighted by atomic mass is 16.3. The van der Waals surface area contributed by atoms with E-state index in [4.69, 9.17) is 0 Å². The molecule has 0 aliphatic carbocycles. The first-order valence-corrected chi connectivity index (χ1v) is 9.06. The van der Waals surface area contributed by atoms with Gasteiger partial charge in [-0.15, -0.1) is 0 Å². The van der Waals surface area contributed by atoms with Crippen LogP contribution in [-0.4, -0.2) is 35.6 Å². The number of para-hydroxylation sites is 1. The van der Waals surface area contributed by atoms with Gasteiger partial charge in [0.2, 0.25) is 0 Å². The summed E-state index contributed by atoms with van der Waals surface area (Å²) < 4.78 is 0. The number of H-pyrrole nitrogens is 1. The normalized spacial score (nSPS) is 12.9. The molecule has 26 heavy (non-hydrogen) atoms. The molecule has 0 radical (unpaired) electrons. The first-order chi connectivity index (χ1) is 12.6. The summed E-state index contributed by atoms with van der Waals surface area (Å²) in [4.78, 5) is 5.65. The molecule has 3 aromatic carbocycles. The Morgan fingerprint density at radius 3 is 2.46 bits per heavy atom. The lowest BCUT2D eigenvalue weighted by molar-refractivity contribution is 0.156. The molecule has 1 aromatic heterocycles. The van der Waals surface area contributed by atoms with Crippen LogP contribution in [0.4, 0.5) is 0 Å². The molecule has 132 valence electrons. The van der Waals surface area contributed by atoms with Gasteiger partial charge in [-0.2, -0.15) is 0 Å². The van der Waals surface area contributed by atoms with Gasteiger partial charge in [0.25, 0.3) is 0 Å². The molecule has 0 saturated carbocycles. The number of nitrogens with one attached hydrogen (secondary N) is 1. The molecule has 1 heterocycles. The van der Waals surface area contributed by atoms with E-state index in [1.54, 1.807) is 0 Å². The third kappa shape index (κ3) is 3.12. The predicted molar refractivity (Wildman–Crippen MR) is 109 cm³/mol. The van der Waals surface area contributed by atoms with Crippen LogP contribution >= 0.6 is 0 Å². The summed E-state index contributed by atoms with van der Waals surface area (Å²) in [6, 6.07) is 23.1. The Hall–Kier alpha value is -2.62. The van der Waals surface area contributed by atoms with Crippen molar-refractivity contribution in [1.82, 2.24) is 9.88 Å². The van der Waals surface area contributed by atoms with Crippen LogP contribution in [0.3, 0.4) is 0 Å². The molecule has 2 N–H and O–H groups in total. The number of nitrogens with zero attached hydrogens (tertiary/aromatic N) is 1. The van der Waals surface area contributed by atoms with Crippen LogP contribution in [0.25, 0.3) is 32.9 Å². The number of fused-ring (bicyclic) bond motifs is 2. The first kappa shape index (κ1) is 16.8. The Kier molecular flexibility index (Phi) is 4.49. The second-order valence-electron chi connectivity index (χ2n) is 7.13. The monoisotopic (exact) mass is 344 g/mol. The number of hydrogen-bond donors (Lipinski definition) is 2. The Morgan fingerprint density at radius 2 is 1.65 bits per heavy atom. The van der Waals surface area contributed by atoms with E-state index in [-0.39, 0.29) is 0 Å². The average molecular weight is 344 g/mol. The molecule has 3 heteroatoms. The van der Waals surface area contributed by atoms with Gasteiger partial charge in [-0.3, -0.25) is 0 Å². The SMILES string of the molecule is CN(C)CCC(O)c1c(-c2ccc3ccccc3c2)[nH]c2ccccc12. The third-order valence-corrected chi connectivity index (χ3v) is 4.97. The maximum Gasteiger partial charge on any atom is 0.0829 e. The summed E-state index contributed by atoms with van der Waals surface area (Å²) in [6.07, 6.45) is 0.199. The lowest BCUT2D eigenvalue weighted by Crippen LogP contribution is -2.16. The Bertz CT molecular complexity index is 1050. The van der Waals surface area contributed by atoms with Gasteiger partial charge in [0.05, 0.1) is 11.8 Å². The summed E-state index contributed by atoms with van der Waals surface area (Å²) in [7, 11) is 4.07. The topological polar surface area (TPSA) is 39.3 Å². The highest BCUT2D eigenvalue weighted by molar-refractivity contribution is 5.94. The fraction of sp³-hybridized carbons (Fsp3) is 0.217. The van der Waals surface area contributed by atoms with Gasteiger partial charge < -0.3 is 15.0 Å². The molecule has 0 aliphatic heterocycles. The fourth-order valence-corrected chi connectivity index (χ4v) is 3.61. The predicted octanol–water partition coefficient (Wildman–Crippen LogP) is 4.97. The Balaban J connectivity index is 1.86. The van der Waals surface area contributed by atoms with Crippen LogP contribution in [0.1, 0.15) is 18.1 Å². The molecular weight excluding hydrogens is 320 g/mol. The largest absolute Gasteiger partial charge is 0.388 e. The number of aliphatic hydroxyl groups is 1. The number of aliphatic hydroxyl groups excluding tert-OH is 1. The van der Waals surface area contributed by atoms with E-state index >= 15 is 0 Å². The maximum atomic E-state index is 11.0. The van der Waals surface area contributed by atoms with Crippen LogP contribution in [-0.2, 0) is 0 Å². The Labute approximate surface area is 153 Å². The van der Waals surface area contributed by atoms with E-state index < -0.39 is 6.10 Å². The molecule has 0 bridgehead atoms. The highest BCUT2D eigenvalue weighted by Gasteiger charge is 2.20. The van der Waals surface area contributed by atoms with Crippen LogP contribution in [0.5, 0.6) is 0 Å². The number of rotatable bonds is 5. The zero-order chi connectivity index (χ0) is 18.1. The minimum absolute atomic E-state index is 0.505. The van der Waals surface area contributed by atoms with E-state index in [2.05, 4.69) is 64.5 Å². The molecule has 4 aromatic rings. The number of aromatic amines is 1. The highest BCUT2D eigenvalue weighted by Crippen LogP contribution is 2.37. The summed E-state index contributed by atoms with van der Waals surface area (Å²) in [5, 5.41) is 14.5. The van der Waals surface area contributed by atoms with Crippen molar-refractivity contribution in [3.05, 3.63) is 72.3 Å². The zero-order valence-electron chi connectivity index (χ0n) is 15.2. The van der Waals surface area contributed by atoms with Crippen molar-refractivity contribution in [2.75, 3.05) is 20.6 Å². The second-order valence-corrected chi connectivity index (χ2v) is 7.13. The molecule has 0 fully saturated rings. The molecule has 4 rings (SSSR count). The van der Waals surface area contributed by atoms with Crippen molar-refractivity contribution in [2.24, 2.45) is 0 Å². The minimum atomic E-state index is -0.505. The quantitative estimate of drug-likeness (QED) is 0.536. The van der Waals surface area contributed by atoms with Crippen molar-refractivity contribution in [3.63, 3.8) is 0 Å². The minimum Gasteiger partial charge on any atom is -0.388 e. The molecule has 3 nitrogen and oxygen atoms in total. The van der Waals surface area contributed by atoms with Crippen molar-refractivity contribution in [1.29, 1.82) is 0 Å². The van der Waals surface area contributed by atoms with Gasteiger partial charge in [0.1, 0.15) is 0 Å². The van der Waals surface area contributed by atoms with Crippen molar-refractivity contribution >= 4 is 21.7 Å². The first-order valence-electron chi connectivity index (χ1n) is 9.06. The zero-order valence-corrected chi connectivity index (χ0v) is 15.2. The van der Waals surface area contributed by atoms with E-state index in [1.165, 1.54) is 10.8 Å². The molecular formula is C23H24N2O. The van der Waals surface area contributed by atoms with Crippen molar-refractivity contribution in [2.45, 2.75) is 12.5 Å². The van der Waals surface area contributed by atoms with E-state index in [1.807, 2.05) is 26.2 Å². The third-order valence-electron chi connectivity index (χ3n) is 4.97.